The summed E-state index contributed by atoms with van der Waals surface area (Å²) in [5.74, 6) is 2.20. The molecule has 6 aliphatic rings. The summed E-state index contributed by atoms with van der Waals surface area (Å²) in [6.07, 6.45) is 11.1. The maximum Gasteiger partial charge on any atom is 0.227 e. The van der Waals surface area contributed by atoms with Crippen LogP contribution in [0.4, 0.5) is 4.39 Å². The number of likely N-dealkylation sites (tertiary alicyclic amines) is 2. The van der Waals surface area contributed by atoms with Crippen LogP contribution in [0.3, 0.4) is 0 Å². The standard InChI is InChI=1S/C33H51FN4O2/c1-20-25(17-29(23-5-6-23)31(35-20)24-7-9-26(34)10-8-24)19-37-14-11-27(12-15-37)38-16-13-33(4)30(32(38)40)18-28(22(3)39)21(2)36-33/h7,20-21,23,25-30,36H,5-6,8-19H2,1-4H3/t20?,21-,25-,26-,28-,29+,30?,33?/m0/s1. The highest BCUT2D eigenvalue weighted by atomic mass is 19.1. The Morgan fingerprint density at radius 1 is 1.12 bits per heavy atom. The zero-order chi connectivity index (χ0) is 28.2. The SMILES string of the molecule is CC(=O)[C@H]1CC2C(=O)N(C3CCN(C[C@@H]4C[C@H](C5CC5)C(C5=CC[C@H](F)CC5)=NC4C)CC3)CCC2(C)N[C@H]1C. The van der Waals surface area contributed by atoms with Crippen LogP contribution in [0.5, 0.6) is 0 Å². The molecule has 8 atom stereocenters. The molecule has 3 unspecified atom stereocenters. The van der Waals surface area contributed by atoms with Crippen molar-refractivity contribution in [1.82, 2.24) is 15.1 Å². The van der Waals surface area contributed by atoms with Crippen molar-refractivity contribution < 1.29 is 14.0 Å². The van der Waals surface area contributed by atoms with Crippen molar-refractivity contribution in [2.45, 2.75) is 122 Å². The summed E-state index contributed by atoms with van der Waals surface area (Å²) in [6, 6.07) is 0.752. The Morgan fingerprint density at radius 3 is 2.52 bits per heavy atom. The quantitative estimate of drug-likeness (QED) is 0.504. The Balaban J connectivity index is 1.05. The summed E-state index contributed by atoms with van der Waals surface area (Å²) >= 11 is 0. The van der Waals surface area contributed by atoms with E-state index < -0.39 is 6.17 Å². The minimum Gasteiger partial charge on any atom is -0.339 e. The van der Waals surface area contributed by atoms with Crippen LogP contribution in [-0.4, -0.2) is 83.2 Å². The number of alkyl halides is 1. The number of hydrogen-bond donors (Lipinski definition) is 1. The van der Waals surface area contributed by atoms with Gasteiger partial charge < -0.3 is 15.1 Å². The van der Waals surface area contributed by atoms with E-state index in [9.17, 15) is 14.0 Å². The molecule has 2 aliphatic carbocycles. The van der Waals surface area contributed by atoms with E-state index in [1.54, 1.807) is 6.92 Å². The summed E-state index contributed by atoms with van der Waals surface area (Å²) in [6.45, 7) is 12.2. The molecule has 1 amide bonds. The molecule has 6 nitrogen and oxygen atoms in total. The average molecular weight is 555 g/mol. The van der Waals surface area contributed by atoms with Gasteiger partial charge in [-0.2, -0.15) is 0 Å². The molecule has 0 aromatic heterocycles. The number of hydrogen-bond acceptors (Lipinski definition) is 5. The van der Waals surface area contributed by atoms with E-state index >= 15 is 0 Å². The second kappa shape index (κ2) is 11.2. The van der Waals surface area contributed by atoms with E-state index in [1.807, 2.05) is 0 Å². The van der Waals surface area contributed by atoms with Gasteiger partial charge in [0.1, 0.15) is 12.0 Å². The smallest absolute Gasteiger partial charge is 0.227 e. The molecule has 0 aromatic rings. The van der Waals surface area contributed by atoms with Gasteiger partial charge in [-0.15, -0.1) is 0 Å². The lowest BCUT2D eigenvalue weighted by atomic mass is 9.67. The van der Waals surface area contributed by atoms with E-state index in [2.05, 4.69) is 42.0 Å². The molecule has 0 radical (unpaired) electrons. The normalized spacial score (nSPS) is 41.8. The number of aliphatic imine (C=N–C) groups is 1. The molecule has 1 N–H and O–H groups in total. The number of carbonyl (C=O) groups is 2. The minimum atomic E-state index is -0.675. The van der Waals surface area contributed by atoms with Crippen molar-refractivity contribution in [3.8, 4) is 0 Å². The summed E-state index contributed by atoms with van der Waals surface area (Å²) in [5, 5.41) is 3.67. The Labute approximate surface area is 240 Å². The molecule has 40 heavy (non-hydrogen) atoms. The third-order valence-corrected chi connectivity index (χ3v) is 11.7. The topological polar surface area (TPSA) is 65.0 Å². The van der Waals surface area contributed by atoms with E-state index in [0.717, 1.165) is 57.8 Å². The maximum atomic E-state index is 13.8. The van der Waals surface area contributed by atoms with Gasteiger partial charge in [0.05, 0.1) is 12.0 Å². The number of Topliss-reactive ketones (excluding diaryl/α,β-unsaturated/α-hetero) is 1. The predicted octanol–water partition coefficient (Wildman–Crippen LogP) is 4.97. The van der Waals surface area contributed by atoms with Gasteiger partial charge >= 0.3 is 0 Å². The lowest BCUT2D eigenvalue weighted by Gasteiger charge is -2.54. The van der Waals surface area contributed by atoms with Gasteiger partial charge in [0.25, 0.3) is 0 Å². The number of ketones is 1. The molecule has 0 aromatic carbocycles. The fourth-order valence-electron chi connectivity index (χ4n) is 8.90. The van der Waals surface area contributed by atoms with Crippen LogP contribution in [0.2, 0.25) is 0 Å². The molecule has 6 rings (SSSR count). The van der Waals surface area contributed by atoms with Gasteiger partial charge in [-0.05, 0) is 109 Å². The van der Waals surface area contributed by atoms with Crippen molar-refractivity contribution in [2.75, 3.05) is 26.2 Å². The first kappa shape index (κ1) is 28.5. The fourth-order valence-corrected chi connectivity index (χ4v) is 8.90. The summed E-state index contributed by atoms with van der Waals surface area (Å²) < 4.78 is 13.8. The lowest BCUT2D eigenvalue weighted by Crippen LogP contribution is -2.68. The Bertz CT molecular complexity index is 1050. The number of carbonyl (C=O) groups excluding carboxylic acids is 2. The van der Waals surface area contributed by atoms with Crippen molar-refractivity contribution in [3.05, 3.63) is 11.6 Å². The van der Waals surface area contributed by atoms with E-state index in [1.165, 1.54) is 30.5 Å². The molecule has 4 aliphatic heterocycles. The monoisotopic (exact) mass is 554 g/mol. The number of nitrogens with zero attached hydrogens (tertiary/aromatic N) is 3. The molecule has 7 heteroatoms. The highest BCUT2D eigenvalue weighted by molar-refractivity contribution is 6.02. The van der Waals surface area contributed by atoms with E-state index in [-0.39, 0.29) is 35.1 Å². The second-order valence-electron chi connectivity index (χ2n) is 14.5. The largest absolute Gasteiger partial charge is 0.339 e. The number of piperidine rings is 3. The first-order chi connectivity index (χ1) is 19.1. The molecule has 3 saturated heterocycles. The van der Waals surface area contributed by atoms with Crippen LogP contribution in [0.15, 0.2) is 16.6 Å². The van der Waals surface area contributed by atoms with Crippen LogP contribution in [-0.2, 0) is 9.59 Å². The van der Waals surface area contributed by atoms with Gasteiger partial charge in [0.15, 0.2) is 0 Å². The second-order valence-corrected chi connectivity index (χ2v) is 14.5. The lowest BCUT2D eigenvalue weighted by molar-refractivity contribution is -0.151. The van der Waals surface area contributed by atoms with Crippen molar-refractivity contribution >= 4 is 17.4 Å². The molecular formula is C33H51FN4O2. The van der Waals surface area contributed by atoms with Crippen molar-refractivity contribution in [2.24, 2.45) is 34.6 Å². The third-order valence-electron chi connectivity index (χ3n) is 11.7. The first-order valence-corrected chi connectivity index (χ1v) is 16.3. The molecule has 1 saturated carbocycles. The highest BCUT2D eigenvalue weighted by Gasteiger charge is 2.52. The molecule has 0 bridgehead atoms. The zero-order valence-electron chi connectivity index (χ0n) is 25.2. The van der Waals surface area contributed by atoms with Crippen LogP contribution in [0.1, 0.15) is 91.9 Å². The average Bonchev–Trinajstić information content (AvgIpc) is 3.76. The molecular weight excluding hydrogens is 503 g/mol. The third kappa shape index (κ3) is 5.58. The Morgan fingerprint density at radius 2 is 1.88 bits per heavy atom. The number of allylic oxidation sites excluding steroid dienone is 2. The zero-order valence-corrected chi connectivity index (χ0v) is 25.2. The summed E-state index contributed by atoms with van der Waals surface area (Å²) in [4.78, 5) is 36.2. The molecule has 4 fully saturated rings. The van der Waals surface area contributed by atoms with Crippen LogP contribution in [0.25, 0.3) is 0 Å². The van der Waals surface area contributed by atoms with Crippen molar-refractivity contribution in [1.29, 1.82) is 0 Å². The highest BCUT2D eigenvalue weighted by Crippen LogP contribution is 2.46. The number of halogens is 1. The Hall–Kier alpha value is -1.60. The number of rotatable bonds is 6. The fraction of sp³-hybridized carbons (Fsp3) is 0.848. The van der Waals surface area contributed by atoms with Gasteiger partial charge in [-0.3, -0.25) is 14.6 Å². The maximum absolute atomic E-state index is 13.8. The van der Waals surface area contributed by atoms with Crippen LogP contribution >= 0.6 is 0 Å². The number of nitrogens with one attached hydrogen (secondary N) is 1. The molecule has 0 spiro atoms. The Kier molecular flexibility index (Phi) is 8.01. The predicted molar refractivity (Wildman–Crippen MR) is 157 cm³/mol. The van der Waals surface area contributed by atoms with Gasteiger partial charge in [0.2, 0.25) is 5.91 Å². The summed E-state index contributed by atoms with van der Waals surface area (Å²) in [5.41, 5.74) is 2.47. The van der Waals surface area contributed by atoms with Crippen LogP contribution < -0.4 is 5.32 Å². The van der Waals surface area contributed by atoms with Crippen LogP contribution in [0, 0.1) is 29.6 Å². The first-order valence-electron chi connectivity index (χ1n) is 16.3. The van der Waals surface area contributed by atoms with E-state index in [0.29, 0.717) is 43.2 Å². The van der Waals surface area contributed by atoms with Gasteiger partial charge in [-0.1, -0.05) is 6.08 Å². The molecule has 222 valence electrons. The number of amides is 1. The van der Waals surface area contributed by atoms with E-state index in [4.69, 9.17) is 4.99 Å². The van der Waals surface area contributed by atoms with Crippen molar-refractivity contribution in [3.63, 3.8) is 0 Å². The van der Waals surface area contributed by atoms with Gasteiger partial charge in [0, 0.05) is 61.3 Å². The van der Waals surface area contributed by atoms with Gasteiger partial charge in [-0.25, -0.2) is 4.39 Å². The molecule has 4 heterocycles. The number of fused-ring (bicyclic) bond motifs is 1. The summed E-state index contributed by atoms with van der Waals surface area (Å²) in [7, 11) is 0. The minimum absolute atomic E-state index is 0.0704.